The molecule has 1 atom stereocenters. The van der Waals surface area contributed by atoms with E-state index in [-0.39, 0.29) is 11.5 Å². The highest BCUT2D eigenvalue weighted by Crippen LogP contribution is 2.23. The minimum absolute atomic E-state index is 0.0854. The number of benzene rings is 1. The number of nitrogens with one attached hydrogen (secondary N) is 1. The minimum atomic E-state index is -0.110. The number of aromatic nitrogens is 2. The van der Waals surface area contributed by atoms with Crippen molar-refractivity contribution in [2.24, 2.45) is 13.0 Å². The van der Waals surface area contributed by atoms with E-state index < -0.39 is 0 Å². The lowest BCUT2D eigenvalue weighted by Gasteiger charge is -2.33. The number of anilines is 1. The zero-order chi connectivity index (χ0) is 19.4. The topological polar surface area (TPSA) is 67.2 Å². The fourth-order valence-corrected chi connectivity index (χ4v) is 3.55. The van der Waals surface area contributed by atoms with Crippen LogP contribution in [0.4, 0.5) is 5.69 Å². The Morgan fingerprint density at radius 3 is 2.81 bits per heavy atom. The first-order valence-electron chi connectivity index (χ1n) is 9.53. The second-order valence-corrected chi connectivity index (χ2v) is 7.53. The highest BCUT2D eigenvalue weighted by Gasteiger charge is 2.23. The predicted molar refractivity (Wildman–Crippen MR) is 107 cm³/mol. The maximum atomic E-state index is 12.4. The Morgan fingerprint density at radius 2 is 2.07 bits per heavy atom. The zero-order valence-electron chi connectivity index (χ0n) is 16.4. The first-order chi connectivity index (χ1) is 12.9. The maximum absolute atomic E-state index is 12.4. The van der Waals surface area contributed by atoms with Gasteiger partial charge in [0.05, 0.1) is 11.9 Å². The van der Waals surface area contributed by atoms with Gasteiger partial charge in [0.2, 0.25) is 5.91 Å². The molecule has 1 aromatic carbocycles. The third-order valence-corrected chi connectivity index (χ3v) is 5.37. The summed E-state index contributed by atoms with van der Waals surface area (Å²) in [6, 6.07) is 7.90. The summed E-state index contributed by atoms with van der Waals surface area (Å²) >= 11 is 0. The molecule has 1 unspecified atom stereocenters. The van der Waals surface area contributed by atoms with Gasteiger partial charge in [-0.15, -0.1) is 0 Å². The molecule has 1 saturated heterocycles. The molecule has 0 saturated carbocycles. The van der Waals surface area contributed by atoms with Crippen molar-refractivity contribution in [2.75, 3.05) is 18.0 Å². The van der Waals surface area contributed by atoms with Crippen LogP contribution < -0.4 is 15.8 Å². The minimum Gasteiger partial charge on any atom is -0.370 e. The summed E-state index contributed by atoms with van der Waals surface area (Å²) in [7, 11) is 1.64. The summed E-state index contributed by atoms with van der Waals surface area (Å²) in [5, 5.41) is 7.14. The number of aryl methyl sites for hydroxylation is 3. The summed E-state index contributed by atoms with van der Waals surface area (Å²) in [6.07, 6.45) is 4.29. The molecular weight excluding hydrogens is 340 g/mol. The van der Waals surface area contributed by atoms with Crippen molar-refractivity contribution in [3.63, 3.8) is 0 Å². The molecule has 6 heteroatoms. The third kappa shape index (κ3) is 4.96. The Bertz CT molecular complexity index is 875. The lowest BCUT2D eigenvalue weighted by Crippen LogP contribution is -2.38. The Hall–Kier alpha value is -2.63. The van der Waals surface area contributed by atoms with E-state index in [2.05, 4.69) is 47.4 Å². The quantitative estimate of drug-likeness (QED) is 0.880. The molecular formula is C21H28N4O2. The summed E-state index contributed by atoms with van der Waals surface area (Å²) < 4.78 is 1.32. The lowest BCUT2D eigenvalue weighted by molar-refractivity contribution is -0.122. The van der Waals surface area contributed by atoms with Crippen LogP contribution in [-0.2, 0) is 18.4 Å². The smallest absolute Gasteiger partial charge is 0.268 e. The normalized spacial score (nSPS) is 17.0. The van der Waals surface area contributed by atoms with Crippen molar-refractivity contribution in [1.29, 1.82) is 0 Å². The van der Waals surface area contributed by atoms with E-state index in [9.17, 15) is 9.59 Å². The highest BCUT2D eigenvalue weighted by atomic mass is 16.1. The molecule has 0 aliphatic carbocycles. The molecule has 3 rings (SSSR count). The van der Waals surface area contributed by atoms with Crippen molar-refractivity contribution in [2.45, 2.75) is 39.7 Å². The number of carbonyl (C=O) groups is 1. The summed E-state index contributed by atoms with van der Waals surface area (Å²) in [5.41, 5.74) is 4.37. The van der Waals surface area contributed by atoms with Crippen LogP contribution in [0.15, 0.2) is 35.3 Å². The monoisotopic (exact) mass is 368 g/mol. The van der Waals surface area contributed by atoms with E-state index in [1.807, 2.05) is 0 Å². The molecule has 0 radical (unpaired) electrons. The molecule has 2 heterocycles. The van der Waals surface area contributed by atoms with Crippen LogP contribution in [-0.4, -0.2) is 28.8 Å². The van der Waals surface area contributed by atoms with Crippen LogP contribution in [0.3, 0.4) is 0 Å². The zero-order valence-corrected chi connectivity index (χ0v) is 16.4. The van der Waals surface area contributed by atoms with E-state index in [0.29, 0.717) is 18.9 Å². The molecule has 1 aromatic heterocycles. The standard InChI is InChI=1S/C21H28N4O2/c1-15-6-7-17(9-16(15)2)12-22-20(26)10-18-5-4-8-25(14-18)19-11-21(27)24(3)23-13-19/h6-7,9,11,13,18H,4-5,8,10,12,14H2,1-3H3,(H,22,26). The van der Waals surface area contributed by atoms with Gasteiger partial charge in [0.1, 0.15) is 0 Å². The molecule has 1 fully saturated rings. The molecule has 6 nitrogen and oxygen atoms in total. The van der Waals surface area contributed by atoms with Gasteiger partial charge in [0.15, 0.2) is 0 Å². The van der Waals surface area contributed by atoms with Crippen LogP contribution >= 0.6 is 0 Å². The molecule has 2 aromatic rings. The van der Waals surface area contributed by atoms with E-state index in [4.69, 9.17) is 0 Å². The number of hydrogen-bond acceptors (Lipinski definition) is 4. The number of nitrogens with zero attached hydrogens (tertiary/aromatic N) is 3. The van der Waals surface area contributed by atoms with Crippen LogP contribution in [0.5, 0.6) is 0 Å². The number of amides is 1. The van der Waals surface area contributed by atoms with Crippen LogP contribution in [0.2, 0.25) is 0 Å². The van der Waals surface area contributed by atoms with Crippen molar-refractivity contribution >= 4 is 11.6 Å². The second-order valence-electron chi connectivity index (χ2n) is 7.53. The first kappa shape index (κ1) is 19.1. The number of rotatable bonds is 5. The summed E-state index contributed by atoms with van der Waals surface area (Å²) in [4.78, 5) is 26.4. The first-order valence-corrected chi connectivity index (χ1v) is 9.53. The van der Waals surface area contributed by atoms with E-state index in [1.54, 1.807) is 19.3 Å². The average molecular weight is 368 g/mol. The van der Waals surface area contributed by atoms with Gasteiger partial charge in [-0.2, -0.15) is 5.10 Å². The van der Waals surface area contributed by atoms with Gasteiger partial charge in [-0.05, 0) is 49.3 Å². The van der Waals surface area contributed by atoms with Gasteiger partial charge >= 0.3 is 0 Å². The molecule has 0 bridgehead atoms. The number of piperidine rings is 1. The molecule has 1 amide bonds. The van der Waals surface area contributed by atoms with Gasteiger partial charge in [-0.1, -0.05) is 18.2 Å². The Balaban J connectivity index is 1.53. The van der Waals surface area contributed by atoms with Gasteiger partial charge in [0, 0.05) is 39.2 Å². The Labute approximate surface area is 160 Å². The molecule has 144 valence electrons. The lowest BCUT2D eigenvalue weighted by atomic mass is 9.94. The van der Waals surface area contributed by atoms with E-state index >= 15 is 0 Å². The van der Waals surface area contributed by atoms with Gasteiger partial charge in [-0.25, -0.2) is 4.68 Å². The van der Waals surface area contributed by atoms with Gasteiger partial charge in [-0.3, -0.25) is 9.59 Å². The fraction of sp³-hybridized carbons (Fsp3) is 0.476. The van der Waals surface area contributed by atoms with Crippen LogP contribution in [0.1, 0.15) is 36.0 Å². The number of carbonyl (C=O) groups excluding carboxylic acids is 1. The van der Waals surface area contributed by atoms with Gasteiger partial charge in [0.25, 0.3) is 5.56 Å². The number of hydrogen-bond donors (Lipinski definition) is 1. The van der Waals surface area contributed by atoms with Crippen LogP contribution in [0, 0.1) is 19.8 Å². The SMILES string of the molecule is Cc1ccc(CNC(=O)CC2CCCN(c3cnn(C)c(=O)c3)C2)cc1C. The second kappa shape index (κ2) is 8.37. The Kier molecular flexibility index (Phi) is 5.94. The van der Waals surface area contributed by atoms with E-state index in [0.717, 1.165) is 37.2 Å². The average Bonchev–Trinajstić information content (AvgIpc) is 2.65. The van der Waals surface area contributed by atoms with Crippen LogP contribution in [0.25, 0.3) is 0 Å². The Morgan fingerprint density at radius 1 is 1.26 bits per heavy atom. The summed E-state index contributed by atoms with van der Waals surface area (Å²) in [6.45, 7) is 6.42. The predicted octanol–water partition coefficient (Wildman–Crippen LogP) is 2.32. The van der Waals surface area contributed by atoms with Crippen molar-refractivity contribution in [3.8, 4) is 0 Å². The van der Waals surface area contributed by atoms with Crippen molar-refractivity contribution in [1.82, 2.24) is 15.1 Å². The van der Waals surface area contributed by atoms with Gasteiger partial charge < -0.3 is 10.2 Å². The summed E-state index contributed by atoms with van der Waals surface area (Å²) in [5.74, 6) is 0.379. The molecule has 1 aliphatic heterocycles. The molecule has 1 aliphatic rings. The fourth-order valence-electron chi connectivity index (χ4n) is 3.55. The highest BCUT2D eigenvalue weighted by molar-refractivity contribution is 5.76. The molecule has 0 spiro atoms. The largest absolute Gasteiger partial charge is 0.370 e. The van der Waals surface area contributed by atoms with Crippen molar-refractivity contribution in [3.05, 3.63) is 57.5 Å². The van der Waals surface area contributed by atoms with E-state index in [1.165, 1.54) is 15.8 Å². The third-order valence-electron chi connectivity index (χ3n) is 5.37. The molecule has 1 N–H and O–H groups in total. The van der Waals surface area contributed by atoms with Crippen molar-refractivity contribution < 1.29 is 4.79 Å². The molecule has 27 heavy (non-hydrogen) atoms. The maximum Gasteiger partial charge on any atom is 0.268 e.